The molecule has 1 N–H and O–H groups in total. The monoisotopic (exact) mass is 428 g/mol. The minimum Gasteiger partial charge on any atom is -0.378 e. The molecule has 2 aromatic carbocycles. The van der Waals surface area contributed by atoms with E-state index < -0.39 is 15.4 Å². The lowest BCUT2D eigenvalue weighted by molar-refractivity contribution is 0.278. The van der Waals surface area contributed by atoms with Crippen molar-refractivity contribution in [3.63, 3.8) is 0 Å². The molecule has 0 bridgehead atoms. The molecule has 164 valence electrons. The number of unbranched alkanes of at least 4 members (excludes halogenated alkanes) is 2. The summed E-state index contributed by atoms with van der Waals surface area (Å²) in [6, 6.07) is 15.9. The minimum atomic E-state index is -3.41. The highest BCUT2D eigenvalue weighted by atomic mass is 32.2. The standard InChI is InChI=1S/C25H36N2O2S/c1-5-7-16-25(17-8-6-2)19-30(28,29)23-15-14-21(27(3)4)18-22(23)24(26-25)20-12-10-9-11-13-20/h9-15,18,24,26H,5-8,16-17,19H2,1-4H3. The van der Waals surface area contributed by atoms with Crippen molar-refractivity contribution in [3.8, 4) is 0 Å². The number of anilines is 1. The Labute approximate surface area is 182 Å². The van der Waals surface area contributed by atoms with E-state index in [-0.39, 0.29) is 11.8 Å². The largest absolute Gasteiger partial charge is 0.378 e. The molecule has 30 heavy (non-hydrogen) atoms. The van der Waals surface area contributed by atoms with Gasteiger partial charge in [-0.3, -0.25) is 5.32 Å². The van der Waals surface area contributed by atoms with Crippen LogP contribution in [0.25, 0.3) is 0 Å². The summed E-state index contributed by atoms with van der Waals surface area (Å²) in [6.45, 7) is 4.34. The second kappa shape index (κ2) is 9.52. The van der Waals surface area contributed by atoms with E-state index in [0.29, 0.717) is 4.90 Å². The van der Waals surface area contributed by atoms with Gasteiger partial charge in [0.15, 0.2) is 9.84 Å². The van der Waals surface area contributed by atoms with E-state index in [1.807, 2.05) is 55.4 Å². The highest BCUT2D eigenvalue weighted by Crippen LogP contribution is 2.40. The van der Waals surface area contributed by atoms with Crippen LogP contribution in [0.4, 0.5) is 5.69 Å². The highest BCUT2D eigenvalue weighted by Gasteiger charge is 2.42. The lowest BCUT2D eigenvalue weighted by Gasteiger charge is -2.37. The van der Waals surface area contributed by atoms with Crippen molar-refractivity contribution in [3.05, 3.63) is 59.7 Å². The fraction of sp³-hybridized carbons (Fsp3) is 0.520. The first-order chi connectivity index (χ1) is 14.3. The van der Waals surface area contributed by atoms with Crippen LogP contribution in [0.15, 0.2) is 53.4 Å². The predicted molar refractivity (Wildman–Crippen MR) is 126 cm³/mol. The minimum absolute atomic E-state index is 0.146. The lowest BCUT2D eigenvalue weighted by atomic mass is 9.86. The van der Waals surface area contributed by atoms with Gasteiger partial charge in [0, 0.05) is 25.3 Å². The zero-order valence-corrected chi connectivity index (χ0v) is 19.6. The molecule has 0 saturated carbocycles. The summed E-state index contributed by atoms with van der Waals surface area (Å²) in [4.78, 5) is 2.51. The summed E-state index contributed by atoms with van der Waals surface area (Å²) in [5.41, 5.74) is 2.58. The molecule has 0 saturated heterocycles. The number of rotatable bonds is 8. The molecule has 0 aliphatic carbocycles. The molecule has 0 radical (unpaired) electrons. The Morgan fingerprint density at radius 1 is 1.00 bits per heavy atom. The molecule has 1 aliphatic rings. The molecule has 0 aromatic heterocycles. The van der Waals surface area contributed by atoms with Gasteiger partial charge in [-0.15, -0.1) is 0 Å². The van der Waals surface area contributed by atoms with Crippen LogP contribution in [0.3, 0.4) is 0 Å². The molecule has 0 fully saturated rings. The molecule has 5 heteroatoms. The van der Waals surface area contributed by atoms with Gasteiger partial charge in [-0.05, 0) is 42.2 Å². The molecule has 4 nitrogen and oxygen atoms in total. The first-order valence-electron chi connectivity index (χ1n) is 11.2. The van der Waals surface area contributed by atoms with Gasteiger partial charge >= 0.3 is 0 Å². The van der Waals surface area contributed by atoms with Crippen LogP contribution in [0.5, 0.6) is 0 Å². The molecule has 1 aliphatic heterocycles. The third-order valence-corrected chi connectivity index (χ3v) is 8.20. The van der Waals surface area contributed by atoms with Crippen molar-refractivity contribution < 1.29 is 8.42 Å². The van der Waals surface area contributed by atoms with E-state index in [1.54, 1.807) is 0 Å². The maximum atomic E-state index is 13.6. The zero-order valence-electron chi connectivity index (χ0n) is 18.8. The van der Waals surface area contributed by atoms with Crippen LogP contribution in [0.2, 0.25) is 0 Å². The van der Waals surface area contributed by atoms with Gasteiger partial charge in [0.05, 0.1) is 16.7 Å². The number of benzene rings is 2. The van der Waals surface area contributed by atoms with Gasteiger partial charge in [0.25, 0.3) is 0 Å². The summed E-state index contributed by atoms with van der Waals surface area (Å²) in [5.74, 6) is 0.164. The quantitative estimate of drug-likeness (QED) is 0.617. The molecule has 0 spiro atoms. The van der Waals surface area contributed by atoms with Crippen LogP contribution in [0.1, 0.15) is 69.5 Å². The first-order valence-corrected chi connectivity index (χ1v) is 12.8. The van der Waals surface area contributed by atoms with Gasteiger partial charge in [-0.25, -0.2) is 8.42 Å². The maximum absolute atomic E-state index is 13.6. The van der Waals surface area contributed by atoms with E-state index in [9.17, 15) is 8.42 Å². The Morgan fingerprint density at radius 3 is 2.20 bits per heavy atom. The van der Waals surface area contributed by atoms with E-state index >= 15 is 0 Å². The summed E-state index contributed by atoms with van der Waals surface area (Å²) in [6.07, 6.45) is 5.91. The van der Waals surface area contributed by atoms with Crippen molar-refractivity contribution in [1.82, 2.24) is 5.32 Å². The molecular formula is C25H36N2O2S. The van der Waals surface area contributed by atoms with Crippen molar-refractivity contribution >= 4 is 15.5 Å². The van der Waals surface area contributed by atoms with Crippen LogP contribution in [-0.4, -0.2) is 33.8 Å². The third kappa shape index (κ3) is 4.89. The average molecular weight is 429 g/mol. The number of fused-ring (bicyclic) bond motifs is 1. The van der Waals surface area contributed by atoms with E-state index in [4.69, 9.17) is 0 Å². The summed E-state index contributed by atoms with van der Waals surface area (Å²) in [5, 5.41) is 3.90. The predicted octanol–water partition coefficient (Wildman–Crippen LogP) is 5.34. The Balaban J connectivity index is 2.21. The molecule has 3 rings (SSSR count). The molecule has 1 atom stereocenters. The third-order valence-electron chi connectivity index (χ3n) is 6.22. The summed E-state index contributed by atoms with van der Waals surface area (Å²) >= 11 is 0. The smallest absolute Gasteiger partial charge is 0.180 e. The number of hydrogen-bond donors (Lipinski definition) is 1. The normalized spacial score (nSPS) is 19.7. The lowest BCUT2D eigenvalue weighted by Crippen LogP contribution is -2.50. The number of nitrogens with zero attached hydrogens (tertiary/aromatic N) is 1. The first kappa shape index (κ1) is 22.8. The number of nitrogens with one attached hydrogen (secondary N) is 1. The van der Waals surface area contributed by atoms with E-state index in [0.717, 1.165) is 55.3 Å². The Morgan fingerprint density at radius 2 is 1.63 bits per heavy atom. The summed E-state index contributed by atoms with van der Waals surface area (Å²) in [7, 11) is 0.570. The Hall–Kier alpha value is -1.85. The van der Waals surface area contributed by atoms with Gasteiger partial charge in [0.2, 0.25) is 0 Å². The van der Waals surface area contributed by atoms with Gasteiger partial charge in [-0.2, -0.15) is 0 Å². The number of hydrogen-bond acceptors (Lipinski definition) is 4. The second-order valence-electron chi connectivity index (χ2n) is 8.85. The van der Waals surface area contributed by atoms with Crippen LogP contribution >= 0.6 is 0 Å². The fourth-order valence-corrected chi connectivity index (χ4v) is 6.61. The maximum Gasteiger partial charge on any atom is 0.180 e. The van der Waals surface area contributed by atoms with Crippen molar-refractivity contribution in [1.29, 1.82) is 0 Å². The van der Waals surface area contributed by atoms with Gasteiger partial charge in [0.1, 0.15) is 0 Å². The highest BCUT2D eigenvalue weighted by molar-refractivity contribution is 7.91. The summed E-state index contributed by atoms with van der Waals surface area (Å²) < 4.78 is 27.3. The number of sulfone groups is 1. The van der Waals surface area contributed by atoms with Crippen LogP contribution in [-0.2, 0) is 9.84 Å². The second-order valence-corrected chi connectivity index (χ2v) is 10.8. The molecule has 1 heterocycles. The fourth-order valence-electron chi connectivity index (χ4n) is 4.54. The van der Waals surface area contributed by atoms with Crippen LogP contribution < -0.4 is 10.2 Å². The SMILES string of the molecule is CCCCC1(CCCC)CS(=O)(=O)c2ccc(N(C)C)cc2C(c2ccccc2)N1. The van der Waals surface area contributed by atoms with Crippen molar-refractivity contribution in [2.75, 3.05) is 24.7 Å². The molecule has 1 unspecified atom stereocenters. The molecular weight excluding hydrogens is 392 g/mol. The van der Waals surface area contributed by atoms with Gasteiger partial charge < -0.3 is 4.90 Å². The van der Waals surface area contributed by atoms with E-state index in [2.05, 4.69) is 31.3 Å². The van der Waals surface area contributed by atoms with Crippen molar-refractivity contribution in [2.45, 2.75) is 68.8 Å². The molecule has 2 aromatic rings. The average Bonchev–Trinajstić information content (AvgIpc) is 2.83. The Kier molecular flexibility index (Phi) is 7.25. The van der Waals surface area contributed by atoms with Crippen LogP contribution in [0, 0.1) is 0 Å². The van der Waals surface area contributed by atoms with E-state index in [1.165, 1.54) is 0 Å². The molecule has 0 amide bonds. The Bertz CT molecular complexity index is 931. The van der Waals surface area contributed by atoms with Crippen molar-refractivity contribution in [2.24, 2.45) is 0 Å². The topological polar surface area (TPSA) is 49.4 Å². The zero-order chi connectivity index (χ0) is 21.8. The van der Waals surface area contributed by atoms with Gasteiger partial charge in [-0.1, -0.05) is 69.9 Å².